The molecule has 4 nitrogen and oxygen atoms in total. The Bertz CT molecular complexity index is 607. The Labute approximate surface area is 129 Å². The number of hydrogen-bond acceptors (Lipinski definition) is 4. The predicted octanol–water partition coefficient (Wildman–Crippen LogP) is 3.85. The molecule has 0 fully saturated rings. The van der Waals surface area contributed by atoms with Gasteiger partial charge in [0.25, 0.3) is 5.91 Å². The summed E-state index contributed by atoms with van der Waals surface area (Å²) in [6.45, 7) is 8.13. The second-order valence-electron chi connectivity index (χ2n) is 5.34. The molecule has 1 amide bonds. The normalized spacial score (nSPS) is 12.4. The van der Waals surface area contributed by atoms with Crippen molar-refractivity contribution in [1.29, 1.82) is 0 Å². The van der Waals surface area contributed by atoms with Crippen molar-refractivity contribution in [2.24, 2.45) is 0 Å². The van der Waals surface area contributed by atoms with Crippen LogP contribution in [0.5, 0.6) is 0 Å². The van der Waals surface area contributed by atoms with Crippen LogP contribution in [0, 0.1) is 6.92 Å². The number of rotatable bonds is 5. The summed E-state index contributed by atoms with van der Waals surface area (Å²) >= 11 is 1.49. The summed E-state index contributed by atoms with van der Waals surface area (Å²) in [6, 6.07) is 3.88. The topological polar surface area (TPSA) is 54.9 Å². The third kappa shape index (κ3) is 3.67. The van der Waals surface area contributed by atoms with Crippen LogP contribution >= 0.6 is 11.3 Å². The first-order valence-electron chi connectivity index (χ1n) is 7.21. The Morgan fingerprint density at radius 3 is 2.52 bits per heavy atom. The number of thiazole rings is 1. The minimum absolute atomic E-state index is 0.00417. The SMILES string of the molecule is CCC(NC(=O)c1sc(C(C)C)nc1C)c1ccncc1. The van der Waals surface area contributed by atoms with Crippen LogP contribution in [0.2, 0.25) is 0 Å². The van der Waals surface area contributed by atoms with E-state index >= 15 is 0 Å². The quantitative estimate of drug-likeness (QED) is 0.912. The zero-order chi connectivity index (χ0) is 15.4. The fourth-order valence-electron chi connectivity index (χ4n) is 2.12. The van der Waals surface area contributed by atoms with E-state index in [-0.39, 0.29) is 11.9 Å². The Kier molecular flexibility index (Phi) is 5.07. The molecule has 112 valence electrons. The number of carbonyl (C=O) groups excluding carboxylic acids is 1. The number of amides is 1. The number of pyridine rings is 1. The summed E-state index contributed by atoms with van der Waals surface area (Å²) in [5, 5.41) is 4.10. The van der Waals surface area contributed by atoms with E-state index in [0.717, 1.165) is 22.7 Å². The molecule has 1 N–H and O–H groups in total. The van der Waals surface area contributed by atoms with Gasteiger partial charge in [0.05, 0.1) is 16.7 Å². The van der Waals surface area contributed by atoms with Crippen molar-refractivity contribution in [2.45, 2.75) is 46.1 Å². The molecule has 0 bridgehead atoms. The average molecular weight is 303 g/mol. The van der Waals surface area contributed by atoms with Crippen molar-refractivity contribution in [2.75, 3.05) is 0 Å². The van der Waals surface area contributed by atoms with E-state index in [1.807, 2.05) is 19.1 Å². The van der Waals surface area contributed by atoms with Crippen LogP contribution in [0.25, 0.3) is 0 Å². The molecule has 0 aliphatic rings. The highest BCUT2D eigenvalue weighted by Gasteiger charge is 2.19. The lowest BCUT2D eigenvalue weighted by molar-refractivity contribution is 0.0939. The van der Waals surface area contributed by atoms with Crippen LogP contribution in [0.1, 0.15) is 65.1 Å². The molecule has 2 rings (SSSR count). The number of nitrogens with zero attached hydrogens (tertiary/aromatic N) is 2. The fraction of sp³-hybridized carbons (Fsp3) is 0.438. The van der Waals surface area contributed by atoms with E-state index in [2.05, 4.69) is 36.1 Å². The number of hydrogen-bond donors (Lipinski definition) is 1. The summed E-state index contributed by atoms with van der Waals surface area (Å²) < 4.78 is 0. The summed E-state index contributed by atoms with van der Waals surface area (Å²) in [4.78, 5) is 21.7. The molecule has 0 saturated heterocycles. The van der Waals surface area contributed by atoms with Crippen molar-refractivity contribution in [3.8, 4) is 0 Å². The van der Waals surface area contributed by atoms with Gasteiger partial charge in [0.15, 0.2) is 0 Å². The third-order valence-corrected chi connectivity index (χ3v) is 4.79. The van der Waals surface area contributed by atoms with Gasteiger partial charge >= 0.3 is 0 Å². The highest BCUT2D eigenvalue weighted by Crippen LogP contribution is 2.25. The van der Waals surface area contributed by atoms with Gasteiger partial charge in [-0.2, -0.15) is 0 Å². The van der Waals surface area contributed by atoms with E-state index in [9.17, 15) is 4.79 Å². The molecule has 2 aromatic heterocycles. The predicted molar refractivity (Wildman–Crippen MR) is 85.7 cm³/mol. The van der Waals surface area contributed by atoms with E-state index in [0.29, 0.717) is 10.8 Å². The Hall–Kier alpha value is -1.75. The first kappa shape index (κ1) is 15.6. The molecule has 0 aliphatic heterocycles. The van der Waals surface area contributed by atoms with Crippen molar-refractivity contribution in [1.82, 2.24) is 15.3 Å². The van der Waals surface area contributed by atoms with Crippen LogP contribution in [-0.4, -0.2) is 15.9 Å². The number of nitrogens with one attached hydrogen (secondary N) is 1. The molecular weight excluding hydrogens is 282 g/mol. The maximum atomic E-state index is 12.5. The molecule has 0 spiro atoms. The molecule has 0 aliphatic carbocycles. The molecule has 0 aromatic carbocycles. The van der Waals surface area contributed by atoms with Gasteiger partial charge in [-0.05, 0) is 31.0 Å². The van der Waals surface area contributed by atoms with Crippen LogP contribution in [0.4, 0.5) is 0 Å². The van der Waals surface area contributed by atoms with Crippen molar-refractivity contribution >= 4 is 17.2 Å². The maximum Gasteiger partial charge on any atom is 0.263 e. The molecule has 0 radical (unpaired) electrons. The van der Waals surface area contributed by atoms with Gasteiger partial charge in [0, 0.05) is 18.3 Å². The minimum atomic E-state index is -0.0411. The molecule has 21 heavy (non-hydrogen) atoms. The van der Waals surface area contributed by atoms with E-state index in [1.165, 1.54) is 11.3 Å². The molecule has 0 saturated carbocycles. The Morgan fingerprint density at radius 2 is 2.00 bits per heavy atom. The summed E-state index contributed by atoms with van der Waals surface area (Å²) in [5.74, 6) is 0.304. The fourth-order valence-corrected chi connectivity index (χ4v) is 3.09. The zero-order valence-corrected chi connectivity index (χ0v) is 13.7. The summed E-state index contributed by atoms with van der Waals surface area (Å²) in [6.07, 6.45) is 4.34. The Morgan fingerprint density at radius 1 is 1.33 bits per heavy atom. The molecule has 1 atom stereocenters. The first-order chi connectivity index (χ1) is 10.0. The van der Waals surface area contributed by atoms with Gasteiger partial charge in [-0.25, -0.2) is 4.98 Å². The summed E-state index contributed by atoms with van der Waals surface area (Å²) in [5.41, 5.74) is 1.89. The van der Waals surface area contributed by atoms with Crippen LogP contribution in [0.15, 0.2) is 24.5 Å². The van der Waals surface area contributed by atoms with E-state index in [1.54, 1.807) is 12.4 Å². The third-order valence-electron chi connectivity index (χ3n) is 3.34. The highest BCUT2D eigenvalue weighted by atomic mass is 32.1. The Balaban J connectivity index is 2.17. The second kappa shape index (κ2) is 6.80. The van der Waals surface area contributed by atoms with Gasteiger partial charge in [-0.1, -0.05) is 20.8 Å². The highest BCUT2D eigenvalue weighted by molar-refractivity contribution is 7.13. The first-order valence-corrected chi connectivity index (χ1v) is 8.02. The minimum Gasteiger partial charge on any atom is -0.344 e. The lowest BCUT2D eigenvalue weighted by Crippen LogP contribution is -2.28. The maximum absolute atomic E-state index is 12.5. The largest absolute Gasteiger partial charge is 0.344 e. The van der Waals surface area contributed by atoms with Gasteiger partial charge in [-0.15, -0.1) is 11.3 Å². The molecular formula is C16H21N3OS. The molecule has 2 heterocycles. The van der Waals surface area contributed by atoms with Crippen LogP contribution < -0.4 is 5.32 Å². The monoisotopic (exact) mass is 303 g/mol. The van der Waals surface area contributed by atoms with E-state index < -0.39 is 0 Å². The second-order valence-corrected chi connectivity index (χ2v) is 6.37. The number of carbonyl (C=O) groups is 1. The summed E-state index contributed by atoms with van der Waals surface area (Å²) in [7, 11) is 0. The van der Waals surface area contributed by atoms with Crippen molar-refractivity contribution in [3.05, 3.63) is 45.7 Å². The molecule has 2 aromatic rings. The zero-order valence-electron chi connectivity index (χ0n) is 12.9. The van der Waals surface area contributed by atoms with Gasteiger partial charge in [0.1, 0.15) is 4.88 Å². The standard InChI is InChI=1S/C16H21N3OS/c1-5-13(12-6-8-17-9-7-12)19-15(20)14-11(4)18-16(21-14)10(2)3/h6-10,13H,5H2,1-4H3,(H,19,20). The average Bonchev–Trinajstić information content (AvgIpc) is 2.88. The number of aromatic nitrogens is 2. The van der Waals surface area contributed by atoms with Crippen molar-refractivity contribution in [3.63, 3.8) is 0 Å². The smallest absolute Gasteiger partial charge is 0.263 e. The van der Waals surface area contributed by atoms with Gasteiger partial charge in [-0.3, -0.25) is 9.78 Å². The lowest BCUT2D eigenvalue weighted by atomic mass is 10.1. The molecule has 1 unspecified atom stereocenters. The number of aryl methyl sites for hydroxylation is 1. The van der Waals surface area contributed by atoms with Crippen molar-refractivity contribution < 1.29 is 4.79 Å². The van der Waals surface area contributed by atoms with Crippen LogP contribution in [-0.2, 0) is 0 Å². The van der Waals surface area contributed by atoms with Gasteiger partial charge < -0.3 is 5.32 Å². The van der Waals surface area contributed by atoms with Gasteiger partial charge in [0.2, 0.25) is 0 Å². The lowest BCUT2D eigenvalue weighted by Gasteiger charge is -2.16. The molecule has 5 heteroatoms. The van der Waals surface area contributed by atoms with Crippen LogP contribution in [0.3, 0.4) is 0 Å². The van der Waals surface area contributed by atoms with E-state index in [4.69, 9.17) is 0 Å².